The number of nitrogens with zero attached hydrogens (tertiary/aromatic N) is 5. The highest BCUT2D eigenvalue weighted by Gasteiger charge is 2.32. The van der Waals surface area contributed by atoms with Crippen molar-refractivity contribution in [3.8, 4) is 17.0 Å². The summed E-state index contributed by atoms with van der Waals surface area (Å²) in [6.45, 7) is 3.09. The highest BCUT2D eigenvalue weighted by atomic mass is 16.5. The molecule has 0 spiro atoms. The Morgan fingerprint density at radius 1 is 1.14 bits per heavy atom. The van der Waals surface area contributed by atoms with E-state index in [0.29, 0.717) is 58.7 Å². The van der Waals surface area contributed by atoms with Crippen molar-refractivity contribution < 1.29 is 19.1 Å². The van der Waals surface area contributed by atoms with Crippen molar-refractivity contribution in [2.45, 2.75) is 45.1 Å². The number of carbonyl (C=O) groups excluding carboxylic acids is 2. The Labute approximate surface area is 250 Å². The van der Waals surface area contributed by atoms with Crippen molar-refractivity contribution >= 4 is 29.0 Å². The van der Waals surface area contributed by atoms with Crippen LogP contribution in [0.25, 0.3) is 16.8 Å². The summed E-state index contributed by atoms with van der Waals surface area (Å²) in [5.74, 6) is 1.44. The highest BCUT2D eigenvalue weighted by molar-refractivity contribution is 6.06. The van der Waals surface area contributed by atoms with Crippen LogP contribution in [-0.2, 0) is 16.0 Å². The number of rotatable bonds is 10. The number of likely N-dealkylation sites (tertiary alicyclic amines) is 1. The SMILES string of the molecule is CCCc1ccnc(NC(=O)c2ccc(-c3nc([C@@H]4CCCCN4C(=O)C=CCOC)n4ccnc(N)c34)cc2OC)c1. The monoisotopic (exact) mass is 583 g/mol. The van der Waals surface area contributed by atoms with Gasteiger partial charge in [0.25, 0.3) is 5.91 Å². The lowest BCUT2D eigenvalue weighted by atomic mass is 10.0. The predicted molar refractivity (Wildman–Crippen MR) is 165 cm³/mol. The van der Waals surface area contributed by atoms with Crippen LogP contribution in [0, 0.1) is 0 Å². The number of ether oxygens (including phenoxy) is 2. The highest BCUT2D eigenvalue weighted by Crippen LogP contribution is 2.37. The molecule has 3 N–H and O–H groups in total. The number of imidazole rings is 1. The Balaban J connectivity index is 1.51. The summed E-state index contributed by atoms with van der Waals surface area (Å²) in [4.78, 5) is 41.9. The molecule has 1 fully saturated rings. The predicted octanol–water partition coefficient (Wildman–Crippen LogP) is 4.84. The van der Waals surface area contributed by atoms with Crippen molar-refractivity contribution in [3.63, 3.8) is 0 Å². The summed E-state index contributed by atoms with van der Waals surface area (Å²) < 4.78 is 12.6. The molecule has 4 aromatic rings. The Kier molecular flexibility index (Phi) is 9.31. The molecule has 1 aliphatic heterocycles. The van der Waals surface area contributed by atoms with E-state index in [9.17, 15) is 9.59 Å². The number of piperidine rings is 1. The first-order valence-electron chi connectivity index (χ1n) is 14.5. The molecule has 11 heteroatoms. The van der Waals surface area contributed by atoms with Crippen LogP contribution in [-0.4, -0.2) is 63.4 Å². The van der Waals surface area contributed by atoms with Gasteiger partial charge in [0.15, 0.2) is 0 Å². The fourth-order valence-electron chi connectivity index (χ4n) is 5.52. The molecule has 1 atom stereocenters. The normalized spacial score (nSPS) is 15.2. The molecular weight excluding hydrogens is 546 g/mol. The summed E-state index contributed by atoms with van der Waals surface area (Å²) >= 11 is 0. The summed E-state index contributed by atoms with van der Waals surface area (Å²) in [6.07, 6.45) is 13.0. The maximum absolute atomic E-state index is 13.3. The average Bonchev–Trinajstić information content (AvgIpc) is 3.42. The number of carbonyl (C=O) groups is 2. The van der Waals surface area contributed by atoms with Gasteiger partial charge in [-0.05, 0) is 55.5 Å². The minimum atomic E-state index is -0.334. The first-order chi connectivity index (χ1) is 20.9. The number of nitrogens with one attached hydrogen (secondary N) is 1. The summed E-state index contributed by atoms with van der Waals surface area (Å²) in [6, 6.07) is 8.86. The molecular formula is C32H37N7O4. The number of hydrogen-bond donors (Lipinski definition) is 2. The molecule has 224 valence electrons. The van der Waals surface area contributed by atoms with E-state index in [0.717, 1.165) is 37.7 Å². The van der Waals surface area contributed by atoms with Crippen LogP contribution in [0.5, 0.6) is 5.75 Å². The second kappa shape index (κ2) is 13.5. The van der Waals surface area contributed by atoms with E-state index in [-0.39, 0.29) is 17.9 Å². The fourth-order valence-corrected chi connectivity index (χ4v) is 5.52. The lowest BCUT2D eigenvalue weighted by Gasteiger charge is -2.34. The largest absolute Gasteiger partial charge is 0.496 e. The topological polar surface area (TPSA) is 137 Å². The van der Waals surface area contributed by atoms with Crippen LogP contribution in [0.4, 0.5) is 11.6 Å². The number of methoxy groups -OCH3 is 2. The first kappa shape index (κ1) is 29.7. The van der Waals surface area contributed by atoms with E-state index < -0.39 is 0 Å². The van der Waals surface area contributed by atoms with Gasteiger partial charge in [0.2, 0.25) is 5.91 Å². The van der Waals surface area contributed by atoms with Crippen molar-refractivity contribution in [3.05, 3.63) is 78.0 Å². The van der Waals surface area contributed by atoms with E-state index in [2.05, 4.69) is 22.2 Å². The molecule has 1 aliphatic rings. The van der Waals surface area contributed by atoms with Crippen LogP contribution >= 0.6 is 0 Å². The minimum absolute atomic E-state index is 0.0890. The molecule has 0 aliphatic carbocycles. The molecule has 0 radical (unpaired) electrons. The molecule has 43 heavy (non-hydrogen) atoms. The number of aryl methyl sites for hydroxylation is 1. The second-order valence-corrected chi connectivity index (χ2v) is 10.4. The standard InChI is InChI=1S/C32H37N7O4/c1-4-8-21-13-14-34-26(19-21)36-32(41)23-12-11-22(20-25(23)43-3)28-29-30(33)35-15-17-39(29)31(37-28)24-9-5-6-16-38(24)27(40)10-7-18-42-2/h7,10-15,17,19-20,24H,4-6,8-9,16,18H2,1-3H3,(H2,33,35)(H,34,36,41)/t24-/m0/s1. The molecule has 1 aromatic carbocycles. The number of benzene rings is 1. The molecule has 1 saturated heterocycles. The molecule has 0 unspecified atom stereocenters. The molecule has 5 rings (SSSR count). The van der Waals surface area contributed by atoms with Gasteiger partial charge < -0.3 is 25.4 Å². The van der Waals surface area contributed by atoms with E-state index in [1.54, 1.807) is 43.8 Å². The Morgan fingerprint density at radius 3 is 2.79 bits per heavy atom. The van der Waals surface area contributed by atoms with Gasteiger partial charge in [0, 0.05) is 43.9 Å². The summed E-state index contributed by atoms with van der Waals surface area (Å²) in [5.41, 5.74) is 9.78. The fraction of sp³-hybridized carbons (Fsp3) is 0.344. The minimum Gasteiger partial charge on any atom is -0.496 e. The van der Waals surface area contributed by atoms with Gasteiger partial charge >= 0.3 is 0 Å². The van der Waals surface area contributed by atoms with Gasteiger partial charge in [-0.15, -0.1) is 0 Å². The lowest BCUT2D eigenvalue weighted by Crippen LogP contribution is -2.38. The second-order valence-electron chi connectivity index (χ2n) is 10.4. The number of pyridine rings is 1. The number of fused-ring (bicyclic) bond motifs is 1. The van der Waals surface area contributed by atoms with E-state index >= 15 is 0 Å². The zero-order valence-corrected chi connectivity index (χ0v) is 24.7. The summed E-state index contributed by atoms with van der Waals surface area (Å²) in [7, 11) is 3.11. The third kappa shape index (κ3) is 6.36. The molecule has 4 heterocycles. The quantitative estimate of drug-likeness (QED) is 0.253. The maximum atomic E-state index is 13.3. The molecule has 0 saturated carbocycles. The Hall–Kier alpha value is -4.77. The summed E-state index contributed by atoms with van der Waals surface area (Å²) in [5, 5.41) is 2.88. The first-order valence-corrected chi connectivity index (χ1v) is 14.5. The lowest BCUT2D eigenvalue weighted by molar-refractivity contribution is -0.130. The number of hydrogen-bond acceptors (Lipinski definition) is 8. The Morgan fingerprint density at radius 2 is 2.00 bits per heavy atom. The van der Waals surface area contributed by atoms with Gasteiger partial charge in [-0.3, -0.25) is 14.0 Å². The molecule has 11 nitrogen and oxygen atoms in total. The van der Waals surface area contributed by atoms with Gasteiger partial charge in [0.05, 0.1) is 25.3 Å². The molecule has 3 aromatic heterocycles. The zero-order valence-electron chi connectivity index (χ0n) is 24.7. The van der Waals surface area contributed by atoms with Crippen LogP contribution in [0.15, 0.2) is 61.1 Å². The van der Waals surface area contributed by atoms with Crippen LogP contribution in [0.1, 0.15) is 60.4 Å². The third-order valence-electron chi connectivity index (χ3n) is 7.54. The van der Waals surface area contributed by atoms with Gasteiger partial charge in [0.1, 0.15) is 34.4 Å². The van der Waals surface area contributed by atoms with Gasteiger partial charge in [-0.1, -0.05) is 25.5 Å². The number of aromatic nitrogens is 4. The van der Waals surface area contributed by atoms with Crippen molar-refractivity contribution in [2.75, 3.05) is 38.4 Å². The van der Waals surface area contributed by atoms with E-state index in [4.69, 9.17) is 20.2 Å². The van der Waals surface area contributed by atoms with E-state index in [1.165, 1.54) is 7.11 Å². The number of anilines is 2. The van der Waals surface area contributed by atoms with Crippen LogP contribution in [0.3, 0.4) is 0 Å². The van der Waals surface area contributed by atoms with Gasteiger partial charge in [-0.2, -0.15) is 0 Å². The Bertz CT molecular complexity index is 1650. The zero-order chi connectivity index (χ0) is 30.3. The van der Waals surface area contributed by atoms with Gasteiger partial charge in [-0.25, -0.2) is 15.0 Å². The molecule has 0 bridgehead atoms. The van der Waals surface area contributed by atoms with Crippen molar-refractivity contribution in [2.24, 2.45) is 0 Å². The maximum Gasteiger partial charge on any atom is 0.260 e. The van der Waals surface area contributed by atoms with Crippen LogP contribution < -0.4 is 15.8 Å². The van der Waals surface area contributed by atoms with Crippen LogP contribution in [0.2, 0.25) is 0 Å². The number of amides is 2. The van der Waals surface area contributed by atoms with Crippen molar-refractivity contribution in [1.82, 2.24) is 24.3 Å². The average molecular weight is 584 g/mol. The number of nitrogens with two attached hydrogens (primary N) is 1. The van der Waals surface area contributed by atoms with E-state index in [1.807, 2.05) is 33.7 Å². The van der Waals surface area contributed by atoms with Crippen molar-refractivity contribution in [1.29, 1.82) is 0 Å². The number of nitrogen functional groups attached to an aromatic ring is 1. The third-order valence-corrected chi connectivity index (χ3v) is 7.54. The molecule has 2 amide bonds. The smallest absolute Gasteiger partial charge is 0.260 e.